The van der Waals surface area contributed by atoms with Gasteiger partial charge in [-0.15, -0.1) is 0 Å². The van der Waals surface area contributed by atoms with Crippen LogP contribution in [-0.2, 0) is 4.79 Å². The number of carbonyl (C=O) groups excluding carboxylic acids is 1. The lowest BCUT2D eigenvalue weighted by Crippen LogP contribution is -2.60. The standard InChI is InChI=1S/C14H28N2O/c1-10(2)14(17)13-9-15(11(3)4)7-8-16(13)12(5)6/h10-13H,7-9H2,1-6H3. The van der Waals surface area contributed by atoms with E-state index >= 15 is 0 Å². The second-order valence-electron chi connectivity index (χ2n) is 5.99. The molecule has 0 aliphatic carbocycles. The predicted molar refractivity (Wildman–Crippen MR) is 72.2 cm³/mol. The Morgan fingerprint density at radius 3 is 2.00 bits per heavy atom. The molecule has 0 aromatic heterocycles. The van der Waals surface area contributed by atoms with Crippen LogP contribution >= 0.6 is 0 Å². The van der Waals surface area contributed by atoms with E-state index in [0.717, 1.165) is 19.6 Å². The highest BCUT2D eigenvalue weighted by Gasteiger charge is 2.35. The molecule has 0 saturated carbocycles. The van der Waals surface area contributed by atoms with Gasteiger partial charge in [0.25, 0.3) is 0 Å². The summed E-state index contributed by atoms with van der Waals surface area (Å²) in [6, 6.07) is 1.08. The van der Waals surface area contributed by atoms with Crippen molar-refractivity contribution in [3.05, 3.63) is 0 Å². The molecule has 3 heteroatoms. The molecule has 1 aliphatic rings. The van der Waals surface area contributed by atoms with Crippen LogP contribution in [0, 0.1) is 5.92 Å². The molecule has 0 radical (unpaired) electrons. The van der Waals surface area contributed by atoms with Crippen molar-refractivity contribution >= 4 is 5.78 Å². The lowest BCUT2D eigenvalue weighted by Gasteiger charge is -2.44. The predicted octanol–water partition coefficient (Wildman–Crippen LogP) is 2.01. The highest BCUT2D eigenvalue weighted by molar-refractivity contribution is 5.86. The van der Waals surface area contributed by atoms with Crippen LogP contribution in [-0.4, -0.2) is 53.3 Å². The topological polar surface area (TPSA) is 23.6 Å². The van der Waals surface area contributed by atoms with Gasteiger partial charge in [-0.25, -0.2) is 0 Å². The summed E-state index contributed by atoms with van der Waals surface area (Å²) in [5.74, 6) is 0.525. The van der Waals surface area contributed by atoms with E-state index in [1.54, 1.807) is 0 Å². The van der Waals surface area contributed by atoms with Gasteiger partial charge in [0.1, 0.15) is 0 Å². The molecule has 17 heavy (non-hydrogen) atoms. The molecule has 1 atom stereocenters. The zero-order chi connectivity index (χ0) is 13.2. The molecule has 3 nitrogen and oxygen atoms in total. The molecule has 0 amide bonds. The Morgan fingerprint density at radius 2 is 1.59 bits per heavy atom. The summed E-state index contributed by atoms with van der Waals surface area (Å²) in [4.78, 5) is 17.1. The Bertz CT molecular complexity index is 261. The van der Waals surface area contributed by atoms with Crippen LogP contribution in [0.15, 0.2) is 0 Å². The van der Waals surface area contributed by atoms with Crippen molar-refractivity contribution < 1.29 is 4.79 Å². The molecule has 1 saturated heterocycles. The molecule has 0 bridgehead atoms. The van der Waals surface area contributed by atoms with E-state index in [1.165, 1.54) is 0 Å². The fourth-order valence-electron chi connectivity index (χ4n) is 2.54. The van der Waals surface area contributed by atoms with E-state index < -0.39 is 0 Å². The van der Waals surface area contributed by atoms with Gasteiger partial charge in [0.15, 0.2) is 5.78 Å². The SMILES string of the molecule is CC(C)C(=O)C1CN(C(C)C)CCN1C(C)C. The van der Waals surface area contributed by atoms with E-state index in [4.69, 9.17) is 0 Å². The normalized spacial score (nSPS) is 23.9. The van der Waals surface area contributed by atoms with Gasteiger partial charge in [0, 0.05) is 37.6 Å². The molecule has 0 N–H and O–H groups in total. The first kappa shape index (κ1) is 14.7. The molecule has 1 rings (SSSR count). The van der Waals surface area contributed by atoms with Crippen LogP contribution in [0.4, 0.5) is 0 Å². The lowest BCUT2D eigenvalue weighted by atomic mass is 9.96. The summed E-state index contributed by atoms with van der Waals surface area (Å²) in [6.45, 7) is 15.8. The molecule has 1 heterocycles. The summed E-state index contributed by atoms with van der Waals surface area (Å²) in [5, 5.41) is 0. The Morgan fingerprint density at radius 1 is 1.00 bits per heavy atom. The third-order valence-electron chi connectivity index (χ3n) is 3.74. The molecule has 100 valence electrons. The summed E-state index contributed by atoms with van der Waals surface area (Å²) in [6.07, 6.45) is 0. The number of ketones is 1. The third kappa shape index (κ3) is 3.52. The number of rotatable bonds is 4. The first-order valence-electron chi connectivity index (χ1n) is 6.88. The molecular formula is C14H28N2O. The molecular weight excluding hydrogens is 212 g/mol. The van der Waals surface area contributed by atoms with Crippen molar-refractivity contribution in [2.45, 2.75) is 59.7 Å². The highest BCUT2D eigenvalue weighted by Crippen LogP contribution is 2.18. The Balaban J connectivity index is 2.79. The molecule has 1 fully saturated rings. The lowest BCUT2D eigenvalue weighted by molar-refractivity contribution is -0.131. The van der Waals surface area contributed by atoms with E-state index in [0.29, 0.717) is 17.9 Å². The first-order valence-corrected chi connectivity index (χ1v) is 6.88. The largest absolute Gasteiger partial charge is 0.298 e. The van der Waals surface area contributed by atoms with Gasteiger partial charge in [0.05, 0.1) is 6.04 Å². The molecule has 0 spiro atoms. The number of hydrogen-bond donors (Lipinski definition) is 0. The fraction of sp³-hybridized carbons (Fsp3) is 0.929. The van der Waals surface area contributed by atoms with Gasteiger partial charge in [0.2, 0.25) is 0 Å². The summed E-state index contributed by atoms with van der Waals surface area (Å²) < 4.78 is 0. The van der Waals surface area contributed by atoms with Gasteiger partial charge < -0.3 is 0 Å². The number of carbonyl (C=O) groups is 1. The number of piperazine rings is 1. The summed E-state index contributed by atoms with van der Waals surface area (Å²) in [7, 11) is 0. The Labute approximate surface area is 106 Å². The average molecular weight is 240 g/mol. The van der Waals surface area contributed by atoms with Crippen molar-refractivity contribution in [2.75, 3.05) is 19.6 Å². The van der Waals surface area contributed by atoms with Crippen molar-refractivity contribution in [1.82, 2.24) is 9.80 Å². The van der Waals surface area contributed by atoms with E-state index in [1.807, 2.05) is 13.8 Å². The minimum absolute atomic E-state index is 0.0890. The van der Waals surface area contributed by atoms with E-state index in [9.17, 15) is 4.79 Å². The Kier molecular flexibility index (Phi) is 5.14. The van der Waals surface area contributed by atoms with Crippen molar-refractivity contribution in [3.63, 3.8) is 0 Å². The maximum absolute atomic E-state index is 12.3. The van der Waals surface area contributed by atoms with E-state index in [2.05, 4.69) is 37.5 Å². The van der Waals surface area contributed by atoms with E-state index in [-0.39, 0.29) is 12.0 Å². The van der Waals surface area contributed by atoms with Crippen LogP contribution < -0.4 is 0 Å². The summed E-state index contributed by atoms with van der Waals surface area (Å²) in [5.41, 5.74) is 0. The van der Waals surface area contributed by atoms with Crippen LogP contribution in [0.25, 0.3) is 0 Å². The van der Waals surface area contributed by atoms with Crippen LogP contribution in [0.1, 0.15) is 41.5 Å². The van der Waals surface area contributed by atoms with Gasteiger partial charge >= 0.3 is 0 Å². The smallest absolute Gasteiger partial charge is 0.153 e. The maximum Gasteiger partial charge on any atom is 0.153 e. The zero-order valence-corrected chi connectivity index (χ0v) is 12.2. The number of Topliss-reactive ketones (excluding diaryl/α,β-unsaturated/α-hetero) is 1. The molecule has 0 aromatic rings. The van der Waals surface area contributed by atoms with Crippen molar-refractivity contribution in [2.24, 2.45) is 5.92 Å². The van der Waals surface area contributed by atoms with Gasteiger partial charge in [-0.05, 0) is 27.7 Å². The van der Waals surface area contributed by atoms with Crippen LogP contribution in [0.5, 0.6) is 0 Å². The van der Waals surface area contributed by atoms with Gasteiger partial charge in [-0.2, -0.15) is 0 Å². The third-order valence-corrected chi connectivity index (χ3v) is 3.74. The molecule has 0 aromatic carbocycles. The van der Waals surface area contributed by atoms with Crippen molar-refractivity contribution in [1.29, 1.82) is 0 Å². The second-order valence-corrected chi connectivity index (χ2v) is 5.99. The maximum atomic E-state index is 12.3. The fourth-order valence-corrected chi connectivity index (χ4v) is 2.54. The van der Waals surface area contributed by atoms with Crippen LogP contribution in [0.2, 0.25) is 0 Å². The van der Waals surface area contributed by atoms with Gasteiger partial charge in [-0.1, -0.05) is 13.8 Å². The molecule has 1 aliphatic heterocycles. The zero-order valence-electron chi connectivity index (χ0n) is 12.2. The highest BCUT2D eigenvalue weighted by atomic mass is 16.1. The van der Waals surface area contributed by atoms with Crippen molar-refractivity contribution in [3.8, 4) is 0 Å². The minimum Gasteiger partial charge on any atom is -0.298 e. The second kappa shape index (κ2) is 5.96. The average Bonchev–Trinajstić information content (AvgIpc) is 2.26. The Hall–Kier alpha value is -0.410. The minimum atomic E-state index is 0.0890. The van der Waals surface area contributed by atoms with Gasteiger partial charge in [-0.3, -0.25) is 14.6 Å². The summed E-state index contributed by atoms with van der Waals surface area (Å²) >= 11 is 0. The molecule has 1 unspecified atom stereocenters. The number of nitrogens with zero attached hydrogens (tertiary/aromatic N) is 2. The first-order chi connectivity index (χ1) is 7.84. The monoisotopic (exact) mass is 240 g/mol. The number of hydrogen-bond acceptors (Lipinski definition) is 3. The quantitative estimate of drug-likeness (QED) is 0.751. The van der Waals surface area contributed by atoms with Crippen LogP contribution in [0.3, 0.4) is 0 Å².